The number of ether oxygens (including phenoxy) is 1. The van der Waals surface area contributed by atoms with E-state index in [-0.39, 0.29) is 11.1 Å². The molecule has 2 N–H and O–H groups in total. The molecular weight excluding hydrogens is 287 g/mol. The molecule has 0 amide bonds. The van der Waals surface area contributed by atoms with Gasteiger partial charge in [0.15, 0.2) is 5.82 Å². The predicted molar refractivity (Wildman–Crippen MR) is 83.7 cm³/mol. The van der Waals surface area contributed by atoms with Gasteiger partial charge in [0.05, 0.1) is 18.2 Å². The largest absolute Gasteiger partial charge is 0.465 e. The number of imidazole rings is 1. The van der Waals surface area contributed by atoms with Gasteiger partial charge in [-0.15, -0.1) is 0 Å². The average Bonchev–Trinajstić information content (AvgIpc) is 2.96. The fourth-order valence-corrected chi connectivity index (χ4v) is 2.30. The van der Waals surface area contributed by atoms with Crippen LogP contribution >= 0.6 is 0 Å². The minimum Gasteiger partial charge on any atom is -0.465 e. The van der Waals surface area contributed by atoms with Crippen molar-refractivity contribution in [3.63, 3.8) is 0 Å². The molecule has 0 saturated carbocycles. The number of carbonyl (C=O) groups is 1. The van der Waals surface area contributed by atoms with Gasteiger partial charge in [-0.1, -0.05) is 13.8 Å². The van der Waals surface area contributed by atoms with Crippen molar-refractivity contribution in [3.05, 3.63) is 23.5 Å². The number of methoxy groups -OCH3 is 1. The fourth-order valence-electron chi connectivity index (χ4n) is 2.30. The molecule has 2 aromatic rings. The summed E-state index contributed by atoms with van der Waals surface area (Å²) in [7, 11) is 1.29. The molecule has 22 heavy (non-hydrogen) atoms. The van der Waals surface area contributed by atoms with Gasteiger partial charge in [0, 0.05) is 13.1 Å². The fraction of sp³-hybridized carbons (Fsp3) is 0.467. The summed E-state index contributed by atoms with van der Waals surface area (Å²) in [5.74, 6) is -0.559. The van der Waals surface area contributed by atoms with E-state index in [1.165, 1.54) is 19.2 Å². The Hall–Kier alpha value is -2.15. The van der Waals surface area contributed by atoms with Gasteiger partial charge in [0.1, 0.15) is 5.52 Å². The average molecular weight is 308 g/mol. The number of carbonyl (C=O) groups excluding carboxylic acids is 1. The summed E-state index contributed by atoms with van der Waals surface area (Å²) < 4.78 is 18.5. The van der Waals surface area contributed by atoms with Crippen molar-refractivity contribution in [2.75, 3.05) is 38.6 Å². The van der Waals surface area contributed by atoms with Crippen LogP contribution in [0.1, 0.15) is 24.2 Å². The van der Waals surface area contributed by atoms with E-state index in [1.54, 1.807) is 0 Å². The van der Waals surface area contributed by atoms with Crippen molar-refractivity contribution in [1.29, 1.82) is 0 Å². The standard InChI is InChI=1S/C15H21FN4O2/c1-4-20(5-2)9-8-17-15-18-12-10(14(21)22-3)6-7-11(16)13(12)19-15/h6-7H,4-5,8-9H2,1-3H3,(H2,17,18,19). The molecule has 0 radical (unpaired) electrons. The third kappa shape index (κ3) is 3.36. The number of halogens is 1. The van der Waals surface area contributed by atoms with E-state index in [9.17, 15) is 9.18 Å². The first kappa shape index (κ1) is 16.2. The smallest absolute Gasteiger partial charge is 0.340 e. The van der Waals surface area contributed by atoms with Crippen LogP contribution in [-0.2, 0) is 4.74 Å². The molecule has 0 saturated heterocycles. The van der Waals surface area contributed by atoms with Gasteiger partial charge < -0.3 is 19.9 Å². The number of anilines is 1. The highest BCUT2D eigenvalue weighted by Gasteiger charge is 2.17. The van der Waals surface area contributed by atoms with Crippen molar-refractivity contribution in [2.45, 2.75) is 13.8 Å². The van der Waals surface area contributed by atoms with Crippen LogP contribution in [-0.4, -0.2) is 54.1 Å². The molecule has 0 aliphatic rings. The number of aromatic amines is 1. The molecule has 6 nitrogen and oxygen atoms in total. The lowest BCUT2D eigenvalue weighted by Gasteiger charge is -2.17. The quantitative estimate of drug-likeness (QED) is 0.768. The van der Waals surface area contributed by atoms with Gasteiger partial charge in [-0.2, -0.15) is 0 Å². The minimum absolute atomic E-state index is 0.133. The summed E-state index contributed by atoms with van der Waals surface area (Å²) in [6.07, 6.45) is 0. The van der Waals surface area contributed by atoms with E-state index in [1.807, 2.05) is 0 Å². The Labute approximate surface area is 128 Å². The minimum atomic E-state index is -0.525. The number of nitrogens with zero attached hydrogens (tertiary/aromatic N) is 2. The molecule has 0 spiro atoms. The number of hydrogen-bond acceptors (Lipinski definition) is 5. The van der Waals surface area contributed by atoms with Gasteiger partial charge in [0.25, 0.3) is 0 Å². The Kier molecular flexibility index (Phi) is 5.32. The number of likely N-dealkylation sites (N-methyl/N-ethyl adjacent to an activating group) is 1. The Balaban J connectivity index is 2.19. The first-order chi connectivity index (χ1) is 10.6. The SMILES string of the molecule is CCN(CC)CCNc1nc2c(F)ccc(C(=O)OC)c2[nH]1. The predicted octanol–water partition coefficient (Wildman–Crippen LogP) is 2.24. The van der Waals surface area contributed by atoms with Crippen molar-refractivity contribution < 1.29 is 13.9 Å². The maximum absolute atomic E-state index is 13.8. The zero-order valence-electron chi connectivity index (χ0n) is 13.1. The number of aromatic nitrogens is 2. The normalized spacial score (nSPS) is 11.1. The lowest BCUT2D eigenvalue weighted by atomic mass is 10.2. The van der Waals surface area contributed by atoms with E-state index in [2.05, 4.69) is 34.0 Å². The number of nitrogens with one attached hydrogen (secondary N) is 2. The third-order valence-electron chi connectivity index (χ3n) is 3.62. The van der Waals surface area contributed by atoms with E-state index in [0.29, 0.717) is 18.0 Å². The van der Waals surface area contributed by atoms with Crippen LogP contribution < -0.4 is 5.32 Å². The highest BCUT2D eigenvalue weighted by atomic mass is 19.1. The lowest BCUT2D eigenvalue weighted by molar-refractivity contribution is 0.0603. The van der Waals surface area contributed by atoms with E-state index >= 15 is 0 Å². The van der Waals surface area contributed by atoms with Crippen LogP contribution in [0.4, 0.5) is 10.3 Å². The van der Waals surface area contributed by atoms with Crippen molar-refractivity contribution >= 4 is 23.0 Å². The van der Waals surface area contributed by atoms with Crippen molar-refractivity contribution in [1.82, 2.24) is 14.9 Å². The summed E-state index contributed by atoms with van der Waals surface area (Å²) in [6.45, 7) is 7.68. The van der Waals surface area contributed by atoms with Gasteiger partial charge in [-0.3, -0.25) is 0 Å². The molecule has 1 aromatic carbocycles. The summed E-state index contributed by atoms with van der Waals surface area (Å²) in [5.41, 5.74) is 0.744. The second kappa shape index (κ2) is 7.22. The molecule has 0 bridgehead atoms. The maximum Gasteiger partial charge on any atom is 0.340 e. The van der Waals surface area contributed by atoms with Crippen LogP contribution in [0.15, 0.2) is 12.1 Å². The highest BCUT2D eigenvalue weighted by molar-refractivity contribution is 6.02. The first-order valence-electron chi connectivity index (χ1n) is 7.33. The van der Waals surface area contributed by atoms with Gasteiger partial charge >= 0.3 is 5.97 Å². The van der Waals surface area contributed by atoms with Gasteiger partial charge in [-0.05, 0) is 25.2 Å². The topological polar surface area (TPSA) is 70.2 Å². The molecule has 7 heteroatoms. The van der Waals surface area contributed by atoms with Crippen LogP contribution in [0.3, 0.4) is 0 Å². The van der Waals surface area contributed by atoms with E-state index < -0.39 is 11.8 Å². The van der Waals surface area contributed by atoms with Gasteiger partial charge in [-0.25, -0.2) is 14.2 Å². The molecule has 1 heterocycles. The van der Waals surface area contributed by atoms with Crippen LogP contribution in [0, 0.1) is 5.82 Å². The summed E-state index contributed by atoms with van der Waals surface area (Å²) >= 11 is 0. The molecule has 0 aliphatic carbocycles. The zero-order valence-corrected chi connectivity index (χ0v) is 13.1. The number of H-pyrrole nitrogens is 1. The molecule has 0 fully saturated rings. The van der Waals surface area contributed by atoms with Crippen LogP contribution in [0.5, 0.6) is 0 Å². The van der Waals surface area contributed by atoms with E-state index in [0.717, 1.165) is 19.6 Å². The molecule has 1 aromatic heterocycles. The monoisotopic (exact) mass is 308 g/mol. The number of fused-ring (bicyclic) bond motifs is 1. The second-order valence-electron chi connectivity index (χ2n) is 4.85. The van der Waals surface area contributed by atoms with Crippen molar-refractivity contribution in [2.24, 2.45) is 0 Å². The van der Waals surface area contributed by atoms with Crippen LogP contribution in [0.25, 0.3) is 11.0 Å². The molecule has 0 aliphatic heterocycles. The Morgan fingerprint density at radius 3 is 2.77 bits per heavy atom. The molecular formula is C15H21FN4O2. The second-order valence-corrected chi connectivity index (χ2v) is 4.85. The number of rotatable bonds is 7. The Bertz CT molecular complexity index is 652. The molecule has 2 rings (SSSR count). The summed E-state index contributed by atoms with van der Waals surface area (Å²) in [5, 5.41) is 3.12. The molecule has 0 unspecified atom stereocenters. The zero-order chi connectivity index (χ0) is 16.1. The number of benzene rings is 1. The maximum atomic E-state index is 13.8. The van der Waals surface area contributed by atoms with Crippen LogP contribution in [0.2, 0.25) is 0 Å². The Morgan fingerprint density at radius 1 is 1.41 bits per heavy atom. The highest BCUT2D eigenvalue weighted by Crippen LogP contribution is 2.22. The van der Waals surface area contributed by atoms with Gasteiger partial charge in [0.2, 0.25) is 5.95 Å². The number of hydrogen-bond donors (Lipinski definition) is 2. The summed E-state index contributed by atoms with van der Waals surface area (Å²) in [6, 6.07) is 2.61. The van der Waals surface area contributed by atoms with E-state index in [4.69, 9.17) is 4.74 Å². The summed E-state index contributed by atoms with van der Waals surface area (Å²) in [4.78, 5) is 21.1. The number of esters is 1. The molecule has 120 valence electrons. The third-order valence-corrected chi connectivity index (χ3v) is 3.62. The lowest BCUT2D eigenvalue weighted by Crippen LogP contribution is -2.28. The van der Waals surface area contributed by atoms with Crippen molar-refractivity contribution in [3.8, 4) is 0 Å². The Morgan fingerprint density at radius 2 is 2.14 bits per heavy atom. The first-order valence-corrected chi connectivity index (χ1v) is 7.33. The molecule has 0 atom stereocenters.